The van der Waals surface area contributed by atoms with Crippen LogP contribution in [0, 0.1) is 17.3 Å². The summed E-state index contributed by atoms with van der Waals surface area (Å²) in [6, 6.07) is 9.63. The minimum atomic E-state index is -1.20. The van der Waals surface area contributed by atoms with Crippen molar-refractivity contribution < 1.29 is 23.9 Å². The van der Waals surface area contributed by atoms with Gasteiger partial charge < -0.3 is 25.8 Å². The van der Waals surface area contributed by atoms with E-state index in [4.69, 9.17) is 15.2 Å². The number of hydrogen-bond acceptors (Lipinski definition) is 6. The molecule has 1 aliphatic rings. The van der Waals surface area contributed by atoms with Crippen LogP contribution in [0.4, 0.5) is 5.69 Å². The molecular formula is C21H31N3O5. The normalized spacial score (nSPS) is 20.8. The molecule has 1 aromatic carbocycles. The van der Waals surface area contributed by atoms with Gasteiger partial charge in [0.1, 0.15) is 0 Å². The standard InChI is InChI=1S/C21H31N3O5/c1-4-28-19-16(12-18(26)29-19)21(14(2)3,13-17(22)25)20(27)24-11-10-23-15-8-6-5-7-9-15/h5-9,14,16,19,23H,4,10-13H2,1-3H3,(H2,22,25)(H,24,27). The lowest BCUT2D eigenvalue weighted by Crippen LogP contribution is -2.54. The van der Waals surface area contributed by atoms with Crippen LogP contribution in [-0.4, -0.2) is 43.8 Å². The molecule has 1 aromatic rings. The zero-order valence-electron chi connectivity index (χ0n) is 17.3. The Morgan fingerprint density at radius 3 is 2.55 bits per heavy atom. The fraction of sp³-hybridized carbons (Fsp3) is 0.571. The molecule has 3 atom stereocenters. The highest BCUT2D eigenvalue weighted by atomic mass is 16.7. The van der Waals surface area contributed by atoms with E-state index in [0.717, 1.165) is 5.69 Å². The maximum absolute atomic E-state index is 13.3. The Morgan fingerprint density at radius 2 is 1.97 bits per heavy atom. The number of primary amides is 1. The van der Waals surface area contributed by atoms with Gasteiger partial charge >= 0.3 is 5.97 Å². The minimum Gasteiger partial charge on any atom is -0.435 e. The predicted octanol–water partition coefficient (Wildman–Crippen LogP) is 1.66. The first kappa shape index (κ1) is 22.7. The molecule has 1 heterocycles. The van der Waals surface area contributed by atoms with Crippen LogP contribution < -0.4 is 16.4 Å². The summed E-state index contributed by atoms with van der Waals surface area (Å²) < 4.78 is 10.8. The summed E-state index contributed by atoms with van der Waals surface area (Å²) >= 11 is 0. The zero-order chi connectivity index (χ0) is 21.4. The number of amides is 2. The Kier molecular flexibility index (Phi) is 8.01. The zero-order valence-corrected chi connectivity index (χ0v) is 17.3. The molecule has 8 heteroatoms. The van der Waals surface area contributed by atoms with E-state index < -0.39 is 29.5 Å². The number of hydrogen-bond donors (Lipinski definition) is 3. The van der Waals surface area contributed by atoms with E-state index in [1.165, 1.54) is 0 Å². The second-order valence-electron chi connectivity index (χ2n) is 7.51. The van der Waals surface area contributed by atoms with E-state index >= 15 is 0 Å². The number of esters is 1. The third kappa shape index (κ3) is 5.47. The fourth-order valence-corrected chi connectivity index (χ4v) is 3.94. The van der Waals surface area contributed by atoms with Crippen molar-refractivity contribution in [1.29, 1.82) is 0 Å². The third-order valence-corrected chi connectivity index (χ3v) is 5.39. The molecule has 0 spiro atoms. The molecule has 1 aliphatic heterocycles. The topological polar surface area (TPSA) is 120 Å². The number of benzene rings is 1. The highest BCUT2D eigenvalue weighted by Gasteiger charge is 2.56. The highest BCUT2D eigenvalue weighted by Crippen LogP contribution is 2.47. The van der Waals surface area contributed by atoms with Crippen molar-refractivity contribution in [2.75, 3.05) is 25.0 Å². The lowest BCUT2D eigenvalue weighted by molar-refractivity contribution is -0.180. The number of para-hydroxylation sites is 1. The Labute approximate surface area is 171 Å². The van der Waals surface area contributed by atoms with Crippen molar-refractivity contribution in [1.82, 2.24) is 5.32 Å². The van der Waals surface area contributed by atoms with E-state index in [2.05, 4.69) is 10.6 Å². The third-order valence-electron chi connectivity index (χ3n) is 5.39. The lowest BCUT2D eigenvalue weighted by Gasteiger charge is -2.41. The quantitative estimate of drug-likeness (QED) is 0.380. The summed E-state index contributed by atoms with van der Waals surface area (Å²) in [5.74, 6) is -2.23. The van der Waals surface area contributed by atoms with Crippen LogP contribution in [0.1, 0.15) is 33.6 Å². The van der Waals surface area contributed by atoms with Crippen molar-refractivity contribution in [3.8, 4) is 0 Å². The van der Waals surface area contributed by atoms with Gasteiger partial charge in [-0.3, -0.25) is 14.4 Å². The first-order chi connectivity index (χ1) is 13.8. The number of carbonyl (C=O) groups excluding carboxylic acids is 3. The number of anilines is 1. The Morgan fingerprint density at radius 1 is 1.28 bits per heavy atom. The average Bonchev–Trinajstić information content (AvgIpc) is 3.04. The van der Waals surface area contributed by atoms with Gasteiger partial charge in [-0.15, -0.1) is 0 Å². The number of carbonyl (C=O) groups is 3. The van der Waals surface area contributed by atoms with Gasteiger partial charge in [-0.05, 0) is 25.0 Å². The molecule has 8 nitrogen and oxygen atoms in total. The number of rotatable bonds is 11. The van der Waals surface area contributed by atoms with Gasteiger partial charge in [0.05, 0.1) is 11.8 Å². The van der Waals surface area contributed by atoms with Gasteiger partial charge in [-0.1, -0.05) is 32.0 Å². The summed E-state index contributed by atoms with van der Waals surface area (Å²) in [5.41, 5.74) is 5.25. The number of nitrogens with two attached hydrogens (primary N) is 1. The summed E-state index contributed by atoms with van der Waals surface area (Å²) in [5, 5.41) is 6.12. The molecule has 1 saturated heterocycles. The molecule has 0 aliphatic carbocycles. The predicted molar refractivity (Wildman–Crippen MR) is 109 cm³/mol. The van der Waals surface area contributed by atoms with E-state index in [1.54, 1.807) is 6.92 Å². The summed E-state index contributed by atoms with van der Waals surface area (Å²) in [6.45, 7) is 6.65. The van der Waals surface area contributed by atoms with Gasteiger partial charge in [0.25, 0.3) is 0 Å². The number of nitrogens with one attached hydrogen (secondary N) is 2. The lowest BCUT2D eigenvalue weighted by atomic mass is 9.63. The summed E-state index contributed by atoms with van der Waals surface area (Å²) in [6.07, 6.45) is -1.05. The number of ether oxygens (including phenoxy) is 2. The first-order valence-corrected chi connectivity index (χ1v) is 9.97. The summed E-state index contributed by atoms with van der Waals surface area (Å²) in [7, 11) is 0. The van der Waals surface area contributed by atoms with Crippen molar-refractivity contribution in [2.45, 2.75) is 39.9 Å². The van der Waals surface area contributed by atoms with Crippen molar-refractivity contribution in [3.63, 3.8) is 0 Å². The van der Waals surface area contributed by atoms with Crippen LogP contribution >= 0.6 is 0 Å². The summed E-state index contributed by atoms with van der Waals surface area (Å²) in [4.78, 5) is 37.2. The van der Waals surface area contributed by atoms with Gasteiger partial charge in [0.2, 0.25) is 18.1 Å². The Hall–Kier alpha value is -2.61. The largest absolute Gasteiger partial charge is 0.435 e. The minimum absolute atomic E-state index is 0.00577. The Balaban J connectivity index is 2.16. The van der Waals surface area contributed by atoms with Crippen LogP contribution in [0.25, 0.3) is 0 Å². The average molecular weight is 405 g/mol. The molecule has 2 rings (SSSR count). The van der Waals surface area contributed by atoms with Crippen LogP contribution in [-0.2, 0) is 23.9 Å². The SMILES string of the molecule is CCOC1OC(=O)CC1C(CC(N)=O)(C(=O)NCCNc1ccccc1)C(C)C. The molecule has 0 saturated carbocycles. The molecule has 0 radical (unpaired) electrons. The fourth-order valence-electron chi connectivity index (χ4n) is 3.94. The van der Waals surface area contributed by atoms with Crippen LogP contribution in [0.5, 0.6) is 0 Å². The molecule has 3 unspecified atom stereocenters. The molecule has 1 fully saturated rings. The maximum atomic E-state index is 13.3. The van der Waals surface area contributed by atoms with Crippen molar-refractivity contribution in [3.05, 3.63) is 30.3 Å². The van der Waals surface area contributed by atoms with E-state index in [-0.39, 0.29) is 24.7 Å². The van der Waals surface area contributed by atoms with Crippen LogP contribution in [0.3, 0.4) is 0 Å². The highest BCUT2D eigenvalue weighted by molar-refractivity contribution is 5.90. The van der Waals surface area contributed by atoms with Crippen LogP contribution in [0.2, 0.25) is 0 Å². The molecule has 0 bridgehead atoms. The first-order valence-electron chi connectivity index (χ1n) is 9.97. The van der Waals surface area contributed by atoms with Gasteiger partial charge in [-0.25, -0.2) is 0 Å². The van der Waals surface area contributed by atoms with Gasteiger partial charge in [0, 0.05) is 37.7 Å². The smallest absolute Gasteiger partial charge is 0.308 e. The Bertz CT molecular complexity index is 710. The van der Waals surface area contributed by atoms with Gasteiger partial charge in [-0.2, -0.15) is 0 Å². The maximum Gasteiger partial charge on any atom is 0.308 e. The molecular weight excluding hydrogens is 374 g/mol. The number of cyclic esters (lactones) is 1. The molecule has 0 aromatic heterocycles. The molecule has 2 amide bonds. The molecule has 160 valence electrons. The van der Waals surface area contributed by atoms with E-state index in [9.17, 15) is 14.4 Å². The monoisotopic (exact) mass is 405 g/mol. The van der Waals surface area contributed by atoms with Gasteiger partial charge in [0.15, 0.2) is 0 Å². The van der Waals surface area contributed by atoms with E-state index in [1.807, 2.05) is 44.2 Å². The van der Waals surface area contributed by atoms with Crippen molar-refractivity contribution >= 4 is 23.5 Å². The molecule has 29 heavy (non-hydrogen) atoms. The van der Waals surface area contributed by atoms with Crippen LogP contribution in [0.15, 0.2) is 30.3 Å². The van der Waals surface area contributed by atoms with E-state index in [0.29, 0.717) is 19.7 Å². The van der Waals surface area contributed by atoms with Crippen molar-refractivity contribution in [2.24, 2.45) is 23.0 Å². The second-order valence-corrected chi connectivity index (χ2v) is 7.51. The second kappa shape index (κ2) is 10.2. The molecule has 4 N–H and O–H groups in total.